The first-order chi connectivity index (χ1) is 19.2. The van der Waals surface area contributed by atoms with E-state index >= 15 is 0 Å². The van der Waals surface area contributed by atoms with Gasteiger partial charge < -0.3 is 29.4 Å². The van der Waals surface area contributed by atoms with Gasteiger partial charge in [-0.2, -0.15) is 10.1 Å². The first-order valence-electron chi connectivity index (χ1n) is 13.5. The third kappa shape index (κ3) is 5.06. The average Bonchev–Trinajstić information content (AvgIpc) is 3.31. The monoisotopic (exact) mass is 546 g/mol. The van der Waals surface area contributed by atoms with E-state index in [0.29, 0.717) is 52.6 Å². The van der Waals surface area contributed by atoms with E-state index < -0.39 is 0 Å². The van der Waals surface area contributed by atoms with Crippen LogP contribution in [0.15, 0.2) is 30.6 Å². The molecule has 0 aromatic carbocycles. The van der Waals surface area contributed by atoms with E-state index in [2.05, 4.69) is 52.1 Å². The summed E-state index contributed by atoms with van der Waals surface area (Å²) in [6, 6.07) is 5.67. The van der Waals surface area contributed by atoms with Gasteiger partial charge >= 0.3 is 0 Å². The summed E-state index contributed by atoms with van der Waals surface area (Å²) in [7, 11) is 3.46. The number of hydrogen-bond donors (Lipinski definition) is 2. The number of carbonyl (C=O) groups excluding carboxylic acids is 1. The SMILES string of the molecule is COc1c(Oc2ccnc(NC(=O)C3CC3)c2)cnc2nc(Nc3cc(C(C)(C)C)n([C@@H]4CCOC4)n3)n(C)c12. The van der Waals surface area contributed by atoms with Gasteiger partial charge in [-0.1, -0.05) is 20.8 Å². The maximum atomic E-state index is 12.1. The Morgan fingerprint density at radius 2 is 1.98 bits per heavy atom. The molecule has 1 aliphatic carbocycles. The van der Waals surface area contributed by atoms with Gasteiger partial charge in [0.2, 0.25) is 11.9 Å². The Labute approximate surface area is 232 Å². The van der Waals surface area contributed by atoms with Crippen LogP contribution in [0.5, 0.6) is 17.2 Å². The number of pyridine rings is 2. The van der Waals surface area contributed by atoms with Gasteiger partial charge in [-0.15, -0.1) is 0 Å². The normalized spacial score (nSPS) is 17.3. The number of amides is 1. The molecule has 0 unspecified atom stereocenters. The van der Waals surface area contributed by atoms with Crippen LogP contribution in [0.3, 0.4) is 0 Å². The van der Waals surface area contributed by atoms with E-state index in [9.17, 15) is 4.79 Å². The van der Waals surface area contributed by atoms with Crippen molar-refractivity contribution in [2.45, 2.75) is 51.5 Å². The second-order valence-corrected chi connectivity index (χ2v) is 11.3. The Balaban J connectivity index is 1.28. The third-order valence-corrected chi connectivity index (χ3v) is 7.18. The summed E-state index contributed by atoms with van der Waals surface area (Å²) < 4.78 is 21.5. The largest absolute Gasteiger partial charge is 0.491 e. The summed E-state index contributed by atoms with van der Waals surface area (Å²) in [6.07, 6.45) is 5.94. The summed E-state index contributed by atoms with van der Waals surface area (Å²) in [4.78, 5) is 25.6. The molecule has 2 fully saturated rings. The van der Waals surface area contributed by atoms with Crippen molar-refractivity contribution in [3.8, 4) is 17.2 Å². The van der Waals surface area contributed by atoms with Crippen LogP contribution in [0.2, 0.25) is 0 Å². The zero-order valence-electron chi connectivity index (χ0n) is 23.4. The Hall–Kier alpha value is -4.19. The maximum absolute atomic E-state index is 12.1. The number of rotatable bonds is 8. The van der Waals surface area contributed by atoms with Crippen LogP contribution < -0.4 is 20.1 Å². The van der Waals surface area contributed by atoms with Crippen LogP contribution in [0, 0.1) is 5.92 Å². The molecule has 0 bridgehead atoms. The highest BCUT2D eigenvalue weighted by Gasteiger charge is 2.30. The first kappa shape index (κ1) is 26.1. The van der Waals surface area contributed by atoms with Crippen molar-refractivity contribution in [1.29, 1.82) is 0 Å². The molecule has 4 aromatic rings. The molecular formula is C28H34N8O4. The predicted octanol–water partition coefficient (Wildman–Crippen LogP) is 4.71. The lowest BCUT2D eigenvalue weighted by atomic mass is 9.91. The lowest BCUT2D eigenvalue weighted by molar-refractivity contribution is -0.117. The molecule has 2 aliphatic rings. The van der Waals surface area contributed by atoms with E-state index in [1.165, 1.54) is 0 Å². The lowest BCUT2D eigenvalue weighted by Crippen LogP contribution is -2.22. The van der Waals surface area contributed by atoms with Gasteiger partial charge in [-0.05, 0) is 25.3 Å². The summed E-state index contributed by atoms with van der Waals surface area (Å²) in [5.74, 6) is 3.16. The maximum Gasteiger partial charge on any atom is 0.228 e. The predicted molar refractivity (Wildman–Crippen MR) is 149 cm³/mol. The molecule has 1 aliphatic heterocycles. The van der Waals surface area contributed by atoms with Crippen molar-refractivity contribution in [3.63, 3.8) is 0 Å². The molecule has 6 rings (SSSR count). The number of methoxy groups -OCH3 is 1. The Bertz CT molecular complexity index is 1560. The van der Waals surface area contributed by atoms with Gasteiger partial charge in [0.15, 0.2) is 23.0 Å². The van der Waals surface area contributed by atoms with Gasteiger partial charge in [-0.3, -0.25) is 9.48 Å². The number of aromatic nitrogens is 6. The zero-order valence-corrected chi connectivity index (χ0v) is 23.4. The van der Waals surface area contributed by atoms with Crippen molar-refractivity contribution < 1.29 is 19.0 Å². The summed E-state index contributed by atoms with van der Waals surface area (Å²) in [5.41, 5.74) is 2.20. The molecule has 4 aromatic heterocycles. The highest BCUT2D eigenvalue weighted by Crippen LogP contribution is 2.39. The Morgan fingerprint density at radius 3 is 2.67 bits per heavy atom. The molecular weight excluding hydrogens is 512 g/mol. The third-order valence-electron chi connectivity index (χ3n) is 7.18. The fraction of sp³-hybridized carbons (Fsp3) is 0.464. The summed E-state index contributed by atoms with van der Waals surface area (Å²) >= 11 is 0. The number of aryl methyl sites for hydroxylation is 1. The molecule has 0 radical (unpaired) electrons. The molecule has 1 saturated heterocycles. The van der Waals surface area contributed by atoms with Crippen molar-refractivity contribution in [2.24, 2.45) is 13.0 Å². The molecule has 2 N–H and O–H groups in total. The first-order valence-corrected chi connectivity index (χ1v) is 13.5. The smallest absolute Gasteiger partial charge is 0.228 e. The molecule has 40 heavy (non-hydrogen) atoms. The van der Waals surface area contributed by atoms with E-state index in [1.54, 1.807) is 31.6 Å². The standard InChI is InChI=1S/C28H34N8O4/c1-28(2,3)20-13-22(34-36(20)17-9-11-39-15-17)32-27-33-25-23(35(27)4)24(38-5)19(14-30-25)40-18-8-10-29-21(12-18)31-26(37)16-6-7-16/h8,10,12-14,16-17H,6-7,9,11,15H2,1-5H3,(H,29,31,37)(H,30,32,33,34)/t17-/m1/s1. The summed E-state index contributed by atoms with van der Waals surface area (Å²) in [6.45, 7) is 7.94. The Morgan fingerprint density at radius 1 is 1.15 bits per heavy atom. The average molecular weight is 547 g/mol. The van der Waals surface area contributed by atoms with Gasteiger partial charge in [0.25, 0.3) is 0 Å². The second kappa shape index (κ2) is 10.1. The van der Waals surface area contributed by atoms with Crippen molar-refractivity contribution in [3.05, 3.63) is 36.3 Å². The van der Waals surface area contributed by atoms with Crippen LogP contribution in [0.4, 0.5) is 17.6 Å². The number of fused-ring (bicyclic) bond motifs is 1. The van der Waals surface area contributed by atoms with Crippen LogP contribution >= 0.6 is 0 Å². The molecule has 5 heterocycles. The fourth-order valence-electron chi connectivity index (χ4n) is 4.87. The van der Waals surface area contributed by atoms with Crippen molar-refractivity contribution in [2.75, 3.05) is 31.0 Å². The molecule has 0 spiro atoms. The van der Waals surface area contributed by atoms with Gasteiger partial charge in [0.05, 0.1) is 26.0 Å². The van der Waals surface area contributed by atoms with E-state index in [0.717, 1.165) is 31.6 Å². The van der Waals surface area contributed by atoms with E-state index in [4.69, 9.17) is 24.3 Å². The van der Waals surface area contributed by atoms with E-state index in [1.807, 2.05) is 11.6 Å². The molecule has 1 atom stereocenters. The Kier molecular flexibility index (Phi) is 6.57. The minimum atomic E-state index is -0.0909. The van der Waals surface area contributed by atoms with Crippen molar-refractivity contribution in [1.82, 2.24) is 29.3 Å². The summed E-state index contributed by atoms with van der Waals surface area (Å²) in [5, 5.41) is 11.1. The molecule has 1 saturated carbocycles. The van der Waals surface area contributed by atoms with Crippen LogP contribution in [0.1, 0.15) is 51.8 Å². The number of nitrogens with one attached hydrogen (secondary N) is 2. The minimum absolute atomic E-state index is 0.0174. The molecule has 12 heteroatoms. The number of imidazole rings is 1. The zero-order chi connectivity index (χ0) is 28.0. The topological polar surface area (TPSA) is 130 Å². The lowest BCUT2D eigenvalue weighted by Gasteiger charge is -2.22. The molecule has 12 nitrogen and oxygen atoms in total. The molecule has 210 valence electrons. The fourth-order valence-corrected chi connectivity index (χ4v) is 4.87. The number of anilines is 3. The second-order valence-electron chi connectivity index (χ2n) is 11.3. The number of carbonyl (C=O) groups is 1. The number of nitrogens with zero attached hydrogens (tertiary/aromatic N) is 6. The van der Waals surface area contributed by atoms with Crippen molar-refractivity contribution >= 4 is 34.7 Å². The quantitative estimate of drug-likeness (QED) is 0.323. The number of ether oxygens (including phenoxy) is 3. The molecule has 1 amide bonds. The van der Waals surface area contributed by atoms with Crippen LogP contribution in [0.25, 0.3) is 11.2 Å². The minimum Gasteiger partial charge on any atom is -0.491 e. The van der Waals surface area contributed by atoms with Gasteiger partial charge in [0, 0.05) is 49.0 Å². The van der Waals surface area contributed by atoms with Gasteiger partial charge in [0.1, 0.15) is 17.1 Å². The van der Waals surface area contributed by atoms with Gasteiger partial charge in [-0.25, -0.2) is 9.97 Å². The highest BCUT2D eigenvalue weighted by molar-refractivity contribution is 5.93. The highest BCUT2D eigenvalue weighted by atomic mass is 16.5. The van der Waals surface area contributed by atoms with Crippen LogP contribution in [-0.4, -0.2) is 55.5 Å². The number of hydrogen-bond acceptors (Lipinski definition) is 9. The van der Waals surface area contributed by atoms with Crippen LogP contribution in [-0.2, 0) is 22.0 Å². The van der Waals surface area contributed by atoms with E-state index in [-0.39, 0.29) is 23.3 Å².